The van der Waals surface area contributed by atoms with Crippen LogP contribution < -0.4 is 5.22 Å². The molecule has 0 bridgehead atoms. The van der Waals surface area contributed by atoms with Gasteiger partial charge in [-0.25, -0.2) is 0 Å². The molecule has 3 aromatic rings. The van der Waals surface area contributed by atoms with Crippen LogP contribution in [0.5, 0.6) is 0 Å². The number of aryl methyl sites for hydroxylation is 1. The molecule has 0 fully saturated rings. The Bertz CT molecular complexity index is 1030. The molecule has 2 aromatic heterocycles. The van der Waals surface area contributed by atoms with Gasteiger partial charge < -0.3 is 4.40 Å². The summed E-state index contributed by atoms with van der Waals surface area (Å²) >= 11 is 0. The molecule has 2 heterocycles. The van der Waals surface area contributed by atoms with Gasteiger partial charge in [0, 0.05) is 21.9 Å². The maximum Gasteiger partial charge on any atom is 0.0616 e. The number of rotatable bonds is 4. The average molecular weight is 299 g/mol. The van der Waals surface area contributed by atoms with Crippen LogP contribution >= 0.6 is 0 Å². The zero-order valence-electron chi connectivity index (χ0n) is 13.8. The minimum Gasteiger partial charge on any atom is -0.308 e. The fourth-order valence-corrected chi connectivity index (χ4v) is 3.31. The maximum atomic E-state index is 4.04. The zero-order valence-corrected chi connectivity index (χ0v) is 13.8. The Kier molecular flexibility index (Phi) is 3.79. The van der Waals surface area contributed by atoms with E-state index in [4.69, 9.17) is 0 Å². The molecule has 0 aliphatic rings. The Balaban J connectivity index is 2.67. The molecule has 114 valence electrons. The van der Waals surface area contributed by atoms with Crippen molar-refractivity contribution < 1.29 is 0 Å². The van der Waals surface area contributed by atoms with Crippen molar-refractivity contribution in [2.45, 2.75) is 13.8 Å². The molecular formula is C22H21N. The Morgan fingerprint density at radius 2 is 1.83 bits per heavy atom. The molecule has 1 heteroatoms. The predicted molar refractivity (Wildman–Crippen MR) is 104 cm³/mol. The molecule has 23 heavy (non-hydrogen) atoms. The highest BCUT2D eigenvalue weighted by molar-refractivity contribution is 6.00. The van der Waals surface area contributed by atoms with Crippen LogP contribution in [-0.4, -0.2) is 4.40 Å². The van der Waals surface area contributed by atoms with Crippen LogP contribution in [0.3, 0.4) is 0 Å². The van der Waals surface area contributed by atoms with Crippen molar-refractivity contribution in [2.24, 2.45) is 0 Å². The van der Waals surface area contributed by atoms with Gasteiger partial charge in [-0.3, -0.25) is 0 Å². The quantitative estimate of drug-likeness (QED) is 0.581. The standard InChI is InChI=1S/C22H21N/c1-6-9-11-20-16(5)18(10-7-2)22-17(8-3)19-13-12-15(4)14-21(19)23(20)22/h6-14H,1-3H2,4-5H3/b11-9-,18-10-. The van der Waals surface area contributed by atoms with E-state index in [0.717, 1.165) is 0 Å². The van der Waals surface area contributed by atoms with Gasteiger partial charge in [-0.1, -0.05) is 62.2 Å². The zero-order chi connectivity index (χ0) is 16.6. The fraction of sp³-hybridized carbons (Fsp3) is 0.0909. The molecular weight excluding hydrogens is 278 g/mol. The van der Waals surface area contributed by atoms with E-state index in [1.165, 1.54) is 44.0 Å². The van der Waals surface area contributed by atoms with Crippen LogP contribution in [0.15, 0.2) is 56.2 Å². The lowest BCUT2D eigenvalue weighted by Gasteiger charge is -2.00. The van der Waals surface area contributed by atoms with E-state index in [1.807, 2.05) is 18.2 Å². The Morgan fingerprint density at radius 1 is 1.04 bits per heavy atom. The summed E-state index contributed by atoms with van der Waals surface area (Å²) in [5, 5.41) is 2.43. The third-order valence-electron chi connectivity index (χ3n) is 4.33. The van der Waals surface area contributed by atoms with Gasteiger partial charge in [-0.15, -0.1) is 0 Å². The summed E-state index contributed by atoms with van der Waals surface area (Å²) in [6.07, 6.45) is 11.8. The Hall–Kier alpha value is -2.80. The SMILES string of the molecule is C=C/C=C\c1c(C)/c(=C/C=C)c2c(C=C)c3ccc(C)cc3n12. The van der Waals surface area contributed by atoms with Gasteiger partial charge in [0.2, 0.25) is 0 Å². The number of nitrogens with zero attached hydrogens (tertiary/aromatic N) is 1. The van der Waals surface area contributed by atoms with Crippen LogP contribution in [-0.2, 0) is 0 Å². The van der Waals surface area contributed by atoms with E-state index in [0.29, 0.717) is 0 Å². The van der Waals surface area contributed by atoms with Crippen molar-refractivity contribution >= 4 is 34.6 Å². The first-order valence-corrected chi connectivity index (χ1v) is 7.75. The highest BCUT2D eigenvalue weighted by Crippen LogP contribution is 2.30. The Labute approximate surface area is 137 Å². The van der Waals surface area contributed by atoms with E-state index in [2.05, 4.69) is 68.3 Å². The number of hydrogen-bond donors (Lipinski definition) is 0. The molecule has 1 nitrogen and oxygen atoms in total. The van der Waals surface area contributed by atoms with Crippen LogP contribution in [0.4, 0.5) is 0 Å². The largest absolute Gasteiger partial charge is 0.308 e. The third kappa shape index (κ3) is 2.17. The number of allylic oxidation sites excluding steroid dienone is 3. The number of hydrogen-bond acceptors (Lipinski definition) is 0. The molecule has 0 unspecified atom stereocenters. The molecule has 3 rings (SSSR count). The fourth-order valence-electron chi connectivity index (χ4n) is 3.31. The summed E-state index contributed by atoms with van der Waals surface area (Å²) < 4.78 is 2.32. The monoisotopic (exact) mass is 299 g/mol. The van der Waals surface area contributed by atoms with Gasteiger partial charge in [-0.05, 0) is 37.1 Å². The number of benzene rings is 1. The second-order valence-corrected chi connectivity index (χ2v) is 5.74. The molecule has 0 saturated heterocycles. The molecule has 0 saturated carbocycles. The van der Waals surface area contributed by atoms with Crippen molar-refractivity contribution in [2.75, 3.05) is 0 Å². The summed E-state index contributed by atoms with van der Waals surface area (Å²) in [6.45, 7) is 16.0. The molecule has 0 amide bonds. The average Bonchev–Trinajstić information content (AvgIpc) is 2.99. The summed E-state index contributed by atoms with van der Waals surface area (Å²) in [7, 11) is 0. The molecule has 0 N–H and O–H groups in total. The van der Waals surface area contributed by atoms with Crippen molar-refractivity contribution in [1.82, 2.24) is 4.40 Å². The first kappa shape index (κ1) is 15.1. The van der Waals surface area contributed by atoms with E-state index in [9.17, 15) is 0 Å². The second kappa shape index (κ2) is 5.77. The van der Waals surface area contributed by atoms with Gasteiger partial charge in [-0.2, -0.15) is 0 Å². The van der Waals surface area contributed by atoms with Crippen molar-refractivity contribution in [3.05, 3.63) is 83.8 Å². The van der Waals surface area contributed by atoms with Gasteiger partial charge in [0.15, 0.2) is 0 Å². The minimum atomic E-state index is 1.18. The summed E-state index contributed by atoms with van der Waals surface area (Å²) in [6, 6.07) is 6.57. The summed E-state index contributed by atoms with van der Waals surface area (Å²) in [5.74, 6) is 0. The molecule has 0 aliphatic heterocycles. The van der Waals surface area contributed by atoms with Crippen LogP contribution in [0.1, 0.15) is 22.4 Å². The maximum absolute atomic E-state index is 4.04. The topological polar surface area (TPSA) is 4.41 Å². The van der Waals surface area contributed by atoms with Gasteiger partial charge in [0.1, 0.15) is 0 Å². The lowest BCUT2D eigenvalue weighted by molar-refractivity contribution is 1.24. The Morgan fingerprint density at radius 3 is 2.48 bits per heavy atom. The highest BCUT2D eigenvalue weighted by atomic mass is 14.9. The van der Waals surface area contributed by atoms with Crippen molar-refractivity contribution in [3.8, 4) is 0 Å². The lowest BCUT2D eigenvalue weighted by atomic mass is 10.1. The normalized spacial score (nSPS) is 12.5. The van der Waals surface area contributed by atoms with Gasteiger partial charge in [0.25, 0.3) is 0 Å². The van der Waals surface area contributed by atoms with Gasteiger partial charge in [0.05, 0.1) is 11.0 Å². The lowest BCUT2D eigenvalue weighted by Crippen LogP contribution is -2.01. The van der Waals surface area contributed by atoms with Gasteiger partial charge >= 0.3 is 0 Å². The van der Waals surface area contributed by atoms with E-state index < -0.39 is 0 Å². The summed E-state index contributed by atoms with van der Waals surface area (Å²) in [5.41, 5.74) is 7.25. The molecule has 0 spiro atoms. The van der Waals surface area contributed by atoms with Crippen LogP contribution in [0, 0.1) is 13.8 Å². The number of aromatic nitrogens is 1. The van der Waals surface area contributed by atoms with Crippen LogP contribution in [0.25, 0.3) is 34.6 Å². The van der Waals surface area contributed by atoms with E-state index in [1.54, 1.807) is 6.08 Å². The predicted octanol–water partition coefficient (Wildman–Crippen LogP) is 5.24. The number of fused-ring (bicyclic) bond motifs is 3. The third-order valence-corrected chi connectivity index (χ3v) is 4.33. The van der Waals surface area contributed by atoms with Crippen molar-refractivity contribution in [3.63, 3.8) is 0 Å². The second-order valence-electron chi connectivity index (χ2n) is 5.74. The molecule has 0 atom stereocenters. The smallest absolute Gasteiger partial charge is 0.0616 e. The van der Waals surface area contributed by atoms with E-state index in [-0.39, 0.29) is 0 Å². The molecule has 0 aliphatic carbocycles. The minimum absolute atomic E-state index is 1.18. The van der Waals surface area contributed by atoms with Crippen LogP contribution in [0.2, 0.25) is 0 Å². The first-order chi connectivity index (χ1) is 11.1. The van der Waals surface area contributed by atoms with Crippen molar-refractivity contribution in [1.29, 1.82) is 0 Å². The van der Waals surface area contributed by atoms with E-state index >= 15 is 0 Å². The first-order valence-electron chi connectivity index (χ1n) is 7.75. The molecule has 1 aromatic carbocycles. The highest BCUT2D eigenvalue weighted by Gasteiger charge is 2.17. The summed E-state index contributed by atoms with van der Waals surface area (Å²) in [4.78, 5) is 0. The molecule has 0 radical (unpaired) electrons.